The maximum atomic E-state index is 12.1. The smallest absolute Gasteiger partial charge is 0.407 e. The molecule has 0 saturated carbocycles. The van der Waals surface area contributed by atoms with Gasteiger partial charge in [0.05, 0.1) is 24.1 Å². The van der Waals surface area contributed by atoms with Gasteiger partial charge in [-0.2, -0.15) is 0 Å². The molecule has 3 rings (SSSR count). The first kappa shape index (κ1) is 15.3. The number of fused-ring (bicyclic) bond motifs is 1. The Labute approximate surface area is 131 Å². The number of hydrogen-bond donors (Lipinski definition) is 2. The second-order valence-electron chi connectivity index (χ2n) is 5.13. The van der Waals surface area contributed by atoms with E-state index in [0.29, 0.717) is 18.0 Å². The highest BCUT2D eigenvalue weighted by atomic mass is 32.1. The molecule has 2 N–H and O–H groups in total. The number of nitrogens with one attached hydrogen (secondary N) is 2. The molecule has 7 nitrogen and oxygen atoms in total. The van der Waals surface area contributed by atoms with Crippen LogP contribution in [0.1, 0.15) is 16.6 Å². The van der Waals surface area contributed by atoms with Crippen molar-refractivity contribution >= 4 is 23.3 Å². The van der Waals surface area contributed by atoms with Crippen LogP contribution in [0.15, 0.2) is 17.5 Å². The molecule has 4 atom stereocenters. The molecule has 22 heavy (non-hydrogen) atoms. The van der Waals surface area contributed by atoms with E-state index >= 15 is 0 Å². The van der Waals surface area contributed by atoms with Crippen molar-refractivity contribution in [2.45, 2.75) is 31.3 Å². The van der Waals surface area contributed by atoms with Crippen LogP contribution in [0, 0.1) is 0 Å². The highest BCUT2D eigenvalue weighted by Crippen LogP contribution is 2.29. The number of carbonyl (C=O) groups is 2. The van der Waals surface area contributed by atoms with Crippen molar-refractivity contribution in [3.63, 3.8) is 0 Å². The van der Waals surface area contributed by atoms with Gasteiger partial charge in [0, 0.05) is 6.54 Å². The summed E-state index contributed by atoms with van der Waals surface area (Å²) in [5.74, 6) is -0.138. The van der Waals surface area contributed by atoms with Gasteiger partial charge in [-0.3, -0.25) is 4.79 Å². The molecule has 0 aromatic carbocycles. The fraction of sp³-hybridized carbons (Fsp3) is 0.571. The number of alkyl carbamates (subject to hydrolysis) is 1. The quantitative estimate of drug-likeness (QED) is 0.853. The Bertz CT molecular complexity index is 535. The van der Waals surface area contributed by atoms with Crippen molar-refractivity contribution in [1.82, 2.24) is 10.6 Å². The first-order valence-electron chi connectivity index (χ1n) is 7.21. The van der Waals surface area contributed by atoms with Crippen LogP contribution in [-0.2, 0) is 14.2 Å². The van der Waals surface area contributed by atoms with Crippen LogP contribution in [0.25, 0.3) is 0 Å². The van der Waals surface area contributed by atoms with E-state index < -0.39 is 12.2 Å². The summed E-state index contributed by atoms with van der Waals surface area (Å²) in [6, 6.07) is 3.36. The summed E-state index contributed by atoms with van der Waals surface area (Å²) in [6.07, 6.45) is -1.55. The average Bonchev–Trinajstić information content (AvgIpc) is 3.19. The van der Waals surface area contributed by atoms with Crippen LogP contribution >= 0.6 is 11.3 Å². The van der Waals surface area contributed by atoms with Gasteiger partial charge >= 0.3 is 6.09 Å². The minimum absolute atomic E-state index is 0.138. The predicted octanol–water partition coefficient (Wildman–Crippen LogP) is 0.759. The standard InChI is InChI=1S/C14H18N2O5S/c1-2-15-14(18)21-9-7-20-11-8(6-19-12(9)11)16-13(17)10-4-3-5-22-10/h3-5,8-9,11-12H,2,6-7H2,1H3,(H,15,18)(H,16,17)/t8-,9+,11+,12+/m0/s1. The Morgan fingerprint density at radius 3 is 2.91 bits per heavy atom. The maximum absolute atomic E-state index is 12.1. The third-order valence-electron chi connectivity index (χ3n) is 3.65. The van der Waals surface area contributed by atoms with Gasteiger partial charge < -0.3 is 24.8 Å². The first-order chi connectivity index (χ1) is 10.7. The molecule has 2 amide bonds. The first-order valence-corrected chi connectivity index (χ1v) is 8.09. The SMILES string of the molecule is CCNC(=O)O[C@@H]1CO[C@H]2[C@@H]1OC[C@@H]2NC(=O)c1cccs1. The third kappa shape index (κ3) is 3.08. The number of ether oxygens (including phenoxy) is 3. The lowest BCUT2D eigenvalue weighted by Gasteiger charge is -2.17. The molecule has 120 valence electrons. The van der Waals surface area contributed by atoms with E-state index in [1.165, 1.54) is 11.3 Å². The molecule has 1 aromatic heterocycles. The van der Waals surface area contributed by atoms with Gasteiger partial charge in [0.1, 0.15) is 12.2 Å². The Balaban J connectivity index is 1.56. The number of carbonyl (C=O) groups excluding carboxylic acids is 2. The third-order valence-corrected chi connectivity index (χ3v) is 4.52. The maximum Gasteiger partial charge on any atom is 0.407 e. The molecule has 0 radical (unpaired) electrons. The normalized spacial score (nSPS) is 29.9. The number of rotatable bonds is 4. The summed E-state index contributed by atoms with van der Waals surface area (Å²) in [5.41, 5.74) is 0. The molecule has 2 saturated heterocycles. The molecule has 2 fully saturated rings. The van der Waals surface area contributed by atoms with Gasteiger partial charge in [-0.25, -0.2) is 4.79 Å². The second-order valence-corrected chi connectivity index (χ2v) is 6.07. The Kier molecular flexibility index (Phi) is 4.60. The topological polar surface area (TPSA) is 85.9 Å². The Hall–Kier alpha value is -1.64. The highest BCUT2D eigenvalue weighted by Gasteiger charge is 2.50. The van der Waals surface area contributed by atoms with Crippen LogP contribution in [0.3, 0.4) is 0 Å². The minimum Gasteiger partial charge on any atom is -0.441 e. The number of amides is 2. The molecule has 0 bridgehead atoms. The molecule has 0 spiro atoms. The Morgan fingerprint density at radius 1 is 1.36 bits per heavy atom. The average molecular weight is 326 g/mol. The van der Waals surface area contributed by atoms with E-state index in [1.54, 1.807) is 6.07 Å². The lowest BCUT2D eigenvalue weighted by atomic mass is 10.1. The number of thiophene rings is 1. The van der Waals surface area contributed by atoms with Gasteiger partial charge in [0.15, 0.2) is 6.10 Å². The largest absolute Gasteiger partial charge is 0.441 e. The van der Waals surface area contributed by atoms with E-state index in [2.05, 4.69) is 10.6 Å². The summed E-state index contributed by atoms with van der Waals surface area (Å²) >= 11 is 1.38. The van der Waals surface area contributed by atoms with E-state index in [1.807, 2.05) is 18.4 Å². The van der Waals surface area contributed by atoms with Gasteiger partial charge in [-0.15, -0.1) is 11.3 Å². The van der Waals surface area contributed by atoms with Crippen molar-refractivity contribution in [3.8, 4) is 0 Å². The molecule has 2 aliphatic rings. The molecular formula is C14H18N2O5S. The highest BCUT2D eigenvalue weighted by molar-refractivity contribution is 7.12. The fourth-order valence-electron chi connectivity index (χ4n) is 2.66. The van der Waals surface area contributed by atoms with Crippen molar-refractivity contribution in [2.75, 3.05) is 19.8 Å². The van der Waals surface area contributed by atoms with Crippen molar-refractivity contribution < 1.29 is 23.8 Å². The van der Waals surface area contributed by atoms with E-state index in [4.69, 9.17) is 14.2 Å². The second kappa shape index (κ2) is 6.64. The van der Waals surface area contributed by atoms with Crippen LogP contribution in [0.2, 0.25) is 0 Å². The lowest BCUT2D eigenvalue weighted by molar-refractivity contribution is 0.00408. The van der Waals surface area contributed by atoms with E-state index in [9.17, 15) is 9.59 Å². The zero-order valence-corrected chi connectivity index (χ0v) is 12.9. The zero-order chi connectivity index (χ0) is 15.5. The molecule has 1 aromatic rings. The summed E-state index contributed by atoms with van der Waals surface area (Å²) in [6.45, 7) is 2.94. The molecule has 8 heteroatoms. The van der Waals surface area contributed by atoms with Gasteiger partial charge in [0.2, 0.25) is 0 Å². The predicted molar refractivity (Wildman–Crippen MR) is 79.0 cm³/mol. The van der Waals surface area contributed by atoms with Crippen molar-refractivity contribution in [1.29, 1.82) is 0 Å². The van der Waals surface area contributed by atoms with Crippen molar-refractivity contribution in [2.24, 2.45) is 0 Å². The molecule has 0 unspecified atom stereocenters. The fourth-order valence-corrected chi connectivity index (χ4v) is 3.29. The minimum atomic E-state index is -0.480. The molecule has 2 aliphatic heterocycles. The van der Waals surface area contributed by atoms with Gasteiger partial charge in [-0.1, -0.05) is 6.07 Å². The summed E-state index contributed by atoms with van der Waals surface area (Å²) in [7, 11) is 0. The van der Waals surface area contributed by atoms with Crippen molar-refractivity contribution in [3.05, 3.63) is 22.4 Å². The summed E-state index contributed by atoms with van der Waals surface area (Å²) in [5, 5.41) is 7.34. The van der Waals surface area contributed by atoms with Crippen LogP contribution in [-0.4, -0.2) is 56.1 Å². The van der Waals surface area contributed by atoms with Gasteiger partial charge in [0.25, 0.3) is 5.91 Å². The van der Waals surface area contributed by atoms with Crippen LogP contribution in [0.4, 0.5) is 4.79 Å². The monoisotopic (exact) mass is 326 g/mol. The summed E-state index contributed by atoms with van der Waals surface area (Å²) in [4.78, 5) is 24.2. The Morgan fingerprint density at radius 2 is 2.18 bits per heavy atom. The van der Waals surface area contributed by atoms with Crippen LogP contribution in [0.5, 0.6) is 0 Å². The lowest BCUT2D eigenvalue weighted by Crippen LogP contribution is -2.44. The molecule has 0 aliphatic carbocycles. The van der Waals surface area contributed by atoms with Crippen LogP contribution < -0.4 is 10.6 Å². The molecule has 3 heterocycles. The van der Waals surface area contributed by atoms with Gasteiger partial charge in [-0.05, 0) is 18.4 Å². The summed E-state index contributed by atoms with van der Waals surface area (Å²) < 4.78 is 16.6. The van der Waals surface area contributed by atoms with E-state index in [0.717, 1.165) is 0 Å². The number of hydrogen-bond acceptors (Lipinski definition) is 6. The zero-order valence-electron chi connectivity index (χ0n) is 12.1. The van der Waals surface area contributed by atoms with E-state index in [-0.39, 0.29) is 30.8 Å². The molecular weight excluding hydrogens is 308 g/mol.